The number of phenols is 2. The third-order valence-electron chi connectivity index (χ3n) is 22.5. The van der Waals surface area contributed by atoms with Crippen molar-refractivity contribution in [2.75, 3.05) is 66.4 Å². The first kappa shape index (κ1) is 103. The number of aromatic hydroxyl groups is 2. The number of thioether (sulfide) groups is 1. The van der Waals surface area contributed by atoms with Gasteiger partial charge in [-0.25, -0.2) is 0 Å². The van der Waals surface area contributed by atoms with E-state index in [-0.39, 0.29) is 93.3 Å². The zero-order valence-corrected chi connectivity index (χ0v) is 76.3. The van der Waals surface area contributed by atoms with Crippen LogP contribution in [0, 0.1) is 11.8 Å². The Labute approximate surface area is 766 Å². The van der Waals surface area contributed by atoms with E-state index in [0.29, 0.717) is 57.1 Å². The number of aliphatic carboxylic acids is 1. The summed E-state index contributed by atoms with van der Waals surface area (Å²) in [5.41, 5.74) is 9.14. The topological polar surface area (TPSA) is 500 Å². The molecule has 36 heteroatoms. The summed E-state index contributed by atoms with van der Waals surface area (Å²) in [6.45, 7) is 6.76. The van der Waals surface area contributed by atoms with Gasteiger partial charge in [-0.2, -0.15) is 0 Å². The van der Waals surface area contributed by atoms with Gasteiger partial charge >= 0.3 is 5.97 Å². The molecule has 35 nitrogen and oxygen atoms in total. The van der Waals surface area contributed by atoms with E-state index in [9.17, 15) is 53.7 Å². The minimum Gasteiger partial charge on any atom is -0.508 e. The second-order valence-electron chi connectivity index (χ2n) is 33.9. The number of nitrogens with two attached hydrogens (primary N) is 1. The lowest BCUT2D eigenvalue weighted by Crippen LogP contribution is -2.60. The summed E-state index contributed by atoms with van der Waals surface area (Å²) in [7, 11) is 6.58. The number of benzene rings is 6. The highest BCUT2D eigenvalue weighted by Gasteiger charge is 2.42. The van der Waals surface area contributed by atoms with Crippen LogP contribution in [0.4, 0.5) is 0 Å². The van der Waals surface area contributed by atoms with E-state index in [1.54, 1.807) is 135 Å². The summed E-state index contributed by atoms with van der Waals surface area (Å²) in [5, 5.41) is 55.8. The van der Waals surface area contributed by atoms with Crippen LogP contribution < -0.4 is 53.6 Å². The maximum absolute atomic E-state index is 15.6. The van der Waals surface area contributed by atoms with Crippen molar-refractivity contribution in [3.8, 4) is 11.5 Å². The number of rotatable bonds is 25. The summed E-state index contributed by atoms with van der Waals surface area (Å²) in [5.74, 6) is -16.6. The number of para-hydroxylation sites is 1. The number of likely N-dealkylation sites (N-methyl/N-ethyl adjacent to an activating group) is 5. The van der Waals surface area contributed by atoms with Gasteiger partial charge in [0.15, 0.2) is 0 Å². The van der Waals surface area contributed by atoms with Crippen LogP contribution in [-0.4, -0.2) is 272 Å². The molecule has 0 spiro atoms. The number of carbonyl (C=O) groups excluding carboxylic acids is 15. The zero-order valence-electron chi connectivity index (χ0n) is 75.5. The van der Waals surface area contributed by atoms with Gasteiger partial charge in [-0.3, -0.25) is 76.7 Å². The van der Waals surface area contributed by atoms with E-state index >= 15 is 38.4 Å². The van der Waals surface area contributed by atoms with E-state index in [0.717, 1.165) is 26.5 Å². The molecule has 0 radical (unpaired) electrons. The molecule has 1 aliphatic heterocycles. The fourth-order valence-electron chi connectivity index (χ4n) is 15.2. The Kier molecular flexibility index (Phi) is 39.5. The van der Waals surface area contributed by atoms with Crippen LogP contribution in [0.1, 0.15) is 113 Å². The quantitative estimate of drug-likeness (QED) is 0.0391. The average Bonchev–Trinajstić information content (AvgIpc) is 1.57. The number of nitrogens with zero attached hydrogens (tertiary/aromatic N) is 5. The van der Waals surface area contributed by atoms with Crippen LogP contribution in [0.25, 0.3) is 10.9 Å². The molecule has 0 bridgehead atoms. The van der Waals surface area contributed by atoms with Crippen LogP contribution in [0.2, 0.25) is 0 Å². The van der Waals surface area contributed by atoms with Crippen molar-refractivity contribution in [3.63, 3.8) is 0 Å². The summed E-state index contributed by atoms with van der Waals surface area (Å²) >= 11 is 0.830. The van der Waals surface area contributed by atoms with Crippen LogP contribution >= 0.6 is 11.8 Å². The number of hydrogen-bond acceptors (Lipinski definition) is 19. The lowest BCUT2D eigenvalue weighted by molar-refractivity contribution is -0.151. The summed E-state index contributed by atoms with van der Waals surface area (Å²) in [6, 6.07) is 27.4. The molecule has 0 saturated carbocycles. The number of amides is 15. The van der Waals surface area contributed by atoms with Crippen molar-refractivity contribution in [2.24, 2.45) is 17.6 Å². The summed E-state index contributed by atoms with van der Waals surface area (Å²) < 4.78 is 0. The molecular formula is C95H122N16O19S. The van der Waals surface area contributed by atoms with Gasteiger partial charge in [0.05, 0.1) is 31.8 Å². The van der Waals surface area contributed by atoms with E-state index in [1.165, 1.54) is 93.6 Å². The molecule has 702 valence electrons. The molecule has 131 heavy (non-hydrogen) atoms. The Balaban J connectivity index is 1.22. The first-order valence-electron chi connectivity index (χ1n) is 43.6. The number of nitrogens with one attached hydrogen (secondary N) is 10. The van der Waals surface area contributed by atoms with Gasteiger partial charge in [0.2, 0.25) is 88.6 Å². The Morgan fingerprint density at radius 1 is 0.443 bits per heavy atom. The minimum atomic E-state index is -1.90. The number of unbranched alkanes of at least 4 members (excludes halogenated alkanes) is 1. The van der Waals surface area contributed by atoms with Gasteiger partial charge in [-0.1, -0.05) is 181 Å². The molecule has 6 aromatic carbocycles. The lowest BCUT2D eigenvalue weighted by Gasteiger charge is -2.37. The fraction of sp³-hybridized carbons (Fsp3) is 0.432. The second kappa shape index (κ2) is 50.3. The Morgan fingerprint density at radius 3 is 1.42 bits per heavy atom. The average molecular weight is 1820 g/mol. The molecule has 1 fully saturated rings. The van der Waals surface area contributed by atoms with Crippen molar-refractivity contribution in [2.45, 2.75) is 185 Å². The SMILES string of the molecule is CCCC[C@H]1C(=O)N(C)CC(=O)N[C@@H](CC(=O)O)C(=O)N[C@@H](CCC(C)C)C(=O)N(C)[C@@H](Cc2ccccc2)C(=O)N[C@@H](Cc2ccc(O)cc2)C(=O)N(C)CC(=O)N[C@@H](Cc2c[nH]c3ccccc23)C(=O)N[C@@H](Cc2ccc(O)cc2)C(=O)N[C@@H](CC(C)C)C(=O)N[C@H](C(=O)NCC(N)=O)CSCC(=O)N[C@@H](Cc2ccccc2)C(=O)N(C)[C@@H](Cc2ccccc2)C(=O)N1C. The number of aromatic amines is 1. The molecule has 2 heterocycles. The van der Waals surface area contributed by atoms with E-state index < -0.39 is 193 Å². The zero-order chi connectivity index (χ0) is 95.7. The molecule has 1 aromatic heterocycles. The number of aromatic nitrogens is 1. The monoisotopic (exact) mass is 1820 g/mol. The van der Waals surface area contributed by atoms with Crippen molar-refractivity contribution in [3.05, 3.63) is 203 Å². The summed E-state index contributed by atoms with van der Waals surface area (Å²) in [4.78, 5) is 244. The third kappa shape index (κ3) is 31.9. The molecule has 8 rings (SSSR count). The Morgan fingerprint density at radius 2 is 0.878 bits per heavy atom. The molecule has 15 N–H and O–H groups in total. The van der Waals surface area contributed by atoms with Gasteiger partial charge in [-0.15, -0.1) is 11.8 Å². The molecule has 7 aromatic rings. The number of fused-ring (bicyclic) bond motifs is 1. The van der Waals surface area contributed by atoms with Crippen molar-refractivity contribution >= 4 is 117 Å². The highest BCUT2D eigenvalue weighted by molar-refractivity contribution is 8.00. The molecule has 0 unspecified atom stereocenters. The highest BCUT2D eigenvalue weighted by Crippen LogP contribution is 2.25. The minimum absolute atomic E-state index is 0.0311. The maximum atomic E-state index is 15.6. The molecular weight excluding hydrogens is 1700 g/mol. The van der Waals surface area contributed by atoms with Gasteiger partial charge in [-0.05, 0) is 101 Å². The standard InChI is InChI=1S/C95H122N16O19S/c1-11-12-32-77-94(129)108(7)54-82(116)100-73(50-84(118)119)89(124)102-69(42-33-57(2)3)92(127)110(9)78(47-60-26-18-14-19-27-60)90(125)105-74(46-63-36-40-66(113)41-37-63)91(126)107(6)53-81(115)99-72(49-64-51-97-68-31-23-22-30-67(64)68)88(123)104-71(44-62-34-38-65(112)39-35-62)87(122)103-70(43-58(4)5)86(121)106-76(85(120)98-52-80(96)114)55-131-56-83(117)101-75(45-59-24-16-13-17-25-59)93(128)111(10)79(95(130)109(77)8)48-61-28-20-15-21-29-61/h13-31,34-41,51,57-58,69-79,97,112-113H,11-12,32-33,42-50,52-56H2,1-10H3,(H2,96,114)(H,98,120)(H,99,115)(H,100,116)(H,101,117)(H,102,124)(H,103,122)(H,104,123)(H,105,125)(H,106,121)(H,118,119)/t69-,70-,71-,72-,73-,74-,75-,76-,77-,78-,79-/m0/s1. The summed E-state index contributed by atoms with van der Waals surface area (Å²) in [6.07, 6.45) is 0.295. The Hall–Kier alpha value is -13.7. The van der Waals surface area contributed by atoms with Gasteiger partial charge < -0.3 is 98.4 Å². The van der Waals surface area contributed by atoms with Gasteiger partial charge in [0.25, 0.3) is 0 Å². The number of carboxylic acid groups (broad SMARTS) is 1. The van der Waals surface area contributed by atoms with Crippen molar-refractivity contribution in [1.29, 1.82) is 0 Å². The van der Waals surface area contributed by atoms with Gasteiger partial charge in [0.1, 0.15) is 78.0 Å². The van der Waals surface area contributed by atoms with Crippen LogP contribution in [0.5, 0.6) is 11.5 Å². The largest absolute Gasteiger partial charge is 0.508 e. The first-order valence-corrected chi connectivity index (χ1v) is 44.8. The van der Waals surface area contributed by atoms with Crippen LogP contribution in [-0.2, 0) is 115 Å². The van der Waals surface area contributed by atoms with Crippen LogP contribution in [0.15, 0.2) is 170 Å². The third-order valence-corrected chi connectivity index (χ3v) is 23.5. The number of primary amides is 1. The Bertz CT molecular complexity index is 5110. The predicted octanol–water partition coefficient (Wildman–Crippen LogP) is 3.11. The number of phenolic OH excluding ortho intramolecular Hbond substituents is 2. The number of H-pyrrole nitrogens is 1. The number of carbonyl (C=O) groups is 16. The first-order chi connectivity index (χ1) is 62.4. The molecule has 11 atom stereocenters. The molecule has 1 aliphatic rings. The number of carboxylic acids is 1. The van der Waals surface area contributed by atoms with E-state index in [1.807, 2.05) is 20.8 Å². The normalized spacial score (nSPS) is 21.8. The smallest absolute Gasteiger partial charge is 0.305 e. The lowest BCUT2D eigenvalue weighted by atomic mass is 9.98. The fourth-order valence-corrected chi connectivity index (χ4v) is 16.1. The van der Waals surface area contributed by atoms with E-state index in [4.69, 9.17) is 5.73 Å². The van der Waals surface area contributed by atoms with Crippen molar-refractivity contribution in [1.82, 2.24) is 77.3 Å². The highest BCUT2D eigenvalue weighted by atomic mass is 32.2. The predicted molar refractivity (Wildman–Crippen MR) is 491 cm³/mol. The second-order valence-corrected chi connectivity index (χ2v) is 34.9. The van der Waals surface area contributed by atoms with Crippen molar-refractivity contribution < 1.29 is 92.0 Å². The van der Waals surface area contributed by atoms with Crippen LogP contribution in [0.3, 0.4) is 0 Å². The molecule has 1 saturated heterocycles. The maximum Gasteiger partial charge on any atom is 0.305 e. The molecule has 15 amide bonds. The number of hydrogen-bond donors (Lipinski definition) is 14. The van der Waals surface area contributed by atoms with E-state index in [2.05, 4.69) is 52.8 Å². The van der Waals surface area contributed by atoms with Gasteiger partial charge in [0, 0.05) is 96.6 Å². The molecule has 0 aliphatic carbocycles.